The first-order valence-electron chi connectivity index (χ1n) is 9.16. The highest BCUT2D eigenvalue weighted by molar-refractivity contribution is 6.33. The van der Waals surface area contributed by atoms with Gasteiger partial charge in [-0.05, 0) is 32.0 Å². The second-order valence-electron chi connectivity index (χ2n) is 6.75. The van der Waals surface area contributed by atoms with E-state index >= 15 is 0 Å². The van der Waals surface area contributed by atoms with Crippen LogP contribution in [-0.2, 0) is 4.74 Å². The van der Waals surface area contributed by atoms with Crippen LogP contribution in [0.5, 0.6) is 0 Å². The molecule has 1 N–H and O–H groups in total. The molecule has 2 heterocycles. The van der Waals surface area contributed by atoms with Crippen LogP contribution >= 0.6 is 11.6 Å². The van der Waals surface area contributed by atoms with Gasteiger partial charge in [0.05, 0.1) is 16.7 Å². The number of benzene rings is 1. The maximum absolute atomic E-state index is 12.4. The summed E-state index contributed by atoms with van der Waals surface area (Å²) >= 11 is 6.34. The molecule has 1 aliphatic rings. The summed E-state index contributed by atoms with van der Waals surface area (Å²) in [5.74, 6) is 0.157. The summed E-state index contributed by atoms with van der Waals surface area (Å²) in [6, 6.07) is 10.8. The molecule has 1 saturated heterocycles. The molecule has 0 unspecified atom stereocenters. The molecule has 8 heteroatoms. The Morgan fingerprint density at radius 3 is 2.43 bits per heavy atom. The number of pyridine rings is 1. The van der Waals surface area contributed by atoms with Crippen molar-refractivity contribution >= 4 is 35.1 Å². The molecule has 2 amide bonds. The van der Waals surface area contributed by atoms with E-state index in [1.54, 1.807) is 24.8 Å². The zero-order valence-corrected chi connectivity index (χ0v) is 16.6. The number of amides is 2. The molecule has 3 rings (SSSR count). The molecular weight excluding hydrogens is 380 g/mol. The van der Waals surface area contributed by atoms with Crippen LogP contribution in [0.25, 0.3) is 0 Å². The van der Waals surface area contributed by atoms with Crippen molar-refractivity contribution in [2.75, 3.05) is 36.4 Å². The molecule has 1 fully saturated rings. The van der Waals surface area contributed by atoms with Crippen molar-refractivity contribution in [3.63, 3.8) is 0 Å². The molecule has 1 aromatic heterocycles. The number of ether oxygens (including phenoxy) is 1. The lowest BCUT2D eigenvalue weighted by atomic mass is 10.2. The fourth-order valence-corrected chi connectivity index (χ4v) is 3.19. The minimum atomic E-state index is -0.446. The minimum absolute atomic E-state index is 0.128. The van der Waals surface area contributed by atoms with E-state index in [-0.39, 0.29) is 12.1 Å². The lowest BCUT2D eigenvalue weighted by Gasteiger charge is -2.35. The summed E-state index contributed by atoms with van der Waals surface area (Å²) < 4.78 is 5.16. The lowest BCUT2D eigenvalue weighted by molar-refractivity contribution is 0.0377. The Labute approximate surface area is 169 Å². The van der Waals surface area contributed by atoms with Crippen LogP contribution in [-0.4, -0.2) is 54.2 Å². The number of hydrogen-bond donors (Lipinski definition) is 1. The number of piperazine rings is 1. The molecular formula is C20H23ClN4O3. The van der Waals surface area contributed by atoms with E-state index < -0.39 is 5.97 Å². The Hall–Kier alpha value is -2.80. The summed E-state index contributed by atoms with van der Waals surface area (Å²) in [7, 11) is 0. The maximum Gasteiger partial charge on any atom is 0.340 e. The van der Waals surface area contributed by atoms with Gasteiger partial charge in [0.2, 0.25) is 0 Å². The highest BCUT2D eigenvalue weighted by atomic mass is 35.5. The van der Waals surface area contributed by atoms with E-state index in [9.17, 15) is 9.59 Å². The first kappa shape index (κ1) is 19.9. The maximum atomic E-state index is 12.4. The Balaban J connectivity index is 1.58. The largest absolute Gasteiger partial charge is 0.459 e. The van der Waals surface area contributed by atoms with E-state index in [1.807, 2.05) is 35.2 Å². The third-order valence-electron chi connectivity index (χ3n) is 4.29. The van der Waals surface area contributed by atoms with Gasteiger partial charge < -0.3 is 19.9 Å². The van der Waals surface area contributed by atoms with Crippen molar-refractivity contribution < 1.29 is 14.3 Å². The fraction of sp³-hybridized carbons (Fsp3) is 0.350. The van der Waals surface area contributed by atoms with Gasteiger partial charge in [-0.15, -0.1) is 0 Å². The van der Waals surface area contributed by atoms with Crippen LogP contribution in [0.3, 0.4) is 0 Å². The van der Waals surface area contributed by atoms with Crippen LogP contribution in [0.1, 0.15) is 24.2 Å². The number of anilines is 2. The zero-order valence-electron chi connectivity index (χ0n) is 15.9. The number of aromatic nitrogens is 1. The van der Waals surface area contributed by atoms with E-state index in [0.717, 1.165) is 5.69 Å². The van der Waals surface area contributed by atoms with Crippen molar-refractivity contribution in [3.05, 3.63) is 53.2 Å². The average Bonchev–Trinajstić information content (AvgIpc) is 2.68. The van der Waals surface area contributed by atoms with Gasteiger partial charge in [-0.3, -0.25) is 0 Å². The molecule has 2 aromatic rings. The number of nitrogens with zero attached hydrogens (tertiary/aromatic N) is 3. The van der Waals surface area contributed by atoms with Gasteiger partial charge in [0.15, 0.2) is 0 Å². The quantitative estimate of drug-likeness (QED) is 0.790. The molecule has 0 atom stereocenters. The highest BCUT2D eigenvalue weighted by Crippen LogP contribution is 2.25. The number of urea groups is 1. The van der Waals surface area contributed by atoms with E-state index in [4.69, 9.17) is 16.3 Å². The number of hydrogen-bond acceptors (Lipinski definition) is 5. The monoisotopic (exact) mass is 402 g/mol. The predicted octanol–water partition coefficient (Wildman–Crippen LogP) is 3.65. The highest BCUT2D eigenvalue weighted by Gasteiger charge is 2.24. The fourth-order valence-electron chi connectivity index (χ4n) is 2.90. The minimum Gasteiger partial charge on any atom is -0.459 e. The number of nitrogens with one attached hydrogen (secondary N) is 1. The number of carbonyl (C=O) groups is 2. The van der Waals surface area contributed by atoms with Crippen molar-refractivity contribution in [2.45, 2.75) is 20.0 Å². The second kappa shape index (κ2) is 8.93. The molecule has 0 spiro atoms. The molecule has 0 aliphatic carbocycles. The van der Waals surface area contributed by atoms with Crippen LogP contribution < -0.4 is 10.2 Å². The van der Waals surface area contributed by atoms with Crippen LogP contribution in [0.2, 0.25) is 5.02 Å². The molecule has 1 aliphatic heterocycles. The topological polar surface area (TPSA) is 74.8 Å². The van der Waals surface area contributed by atoms with Crippen molar-refractivity contribution in [1.29, 1.82) is 0 Å². The van der Waals surface area contributed by atoms with Gasteiger partial charge >= 0.3 is 12.0 Å². The van der Waals surface area contributed by atoms with Crippen LogP contribution in [0, 0.1) is 0 Å². The normalized spacial score (nSPS) is 14.1. The summed E-state index contributed by atoms with van der Waals surface area (Å²) in [5, 5.41) is 3.28. The average molecular weight is 403 g/mol. The van der Waals surface area contributed by atoms with Crippen molar-refractivity contribution in [1.82, 2.24) is 9.88 Å². The molecule has 0 bridgehead atoms. The Morgan fingerprint density at radius 1 is 1.14 bits per heavy atom. The van der Waals surface area contributed by atoms with Crippen LogP contribution in [0.15, 0.2) is 42.6 Å². The number of halogens is 1. The Kier molecular flexibility index (Phi) is 6.36. The molecule has 0 saturated carbocycles. The van der Waals surface area contributed by atoms with E-state index in [0.29, 0.717) is 42.6 Å². The molecule has 148 valence electrons. The van der Waals surface area contributed by atoms with Crippen LogP contribution in [0.4, 0.5) is 16.3 Å². The standard InChI is InChI=1S/C20H23ClN4O3/c1-14(2)28-19(26)15-12-17(21)18(22-13-15)24-8-10-25(11-9-24)20(27)23-16-6-4-3-5-7-16/h3-7,12-14H,8-11H2,1-2H3,(H,23,27). The third-order valence-corrected chi connectivity index (χ3v) is 4.57. The first-order valence-corrected chi connectivity index (χ1v) is 9.54. The second-order valence-corrected chi connectivity index (χ2v) is 7.16. The van der Waals surface area contributed by atoms with Crippen molar-refractivity contribution in [2.24, 2.45) is 0 Å². The smallest absolute Gasteiger partial charge is 0.340 e. The Bertz CT molecular complexity index is 837. The van der Waals surface area contributed by atoms with Gasteiger partial charge in [-0.1, -0.05) is 29.8 Å². The lowest BCUT2D eigenvalue weighted by Crippen LogP contribution is -2.50. The van der Waals surface area contributed by atoms with Gasteiger partial charge in [-0.25, -0.2) is 14.6 Å². The predicted molar refractivity (Wildman–Crippen MR) is 109 cm³/mol. The Morgan fingerprint density at radius 2 is 1.82 bits per heavy atom. The van der Waals surface area contributed by atoms with E-state index in [1.165, 1.54) is 6.20 Å². The summed E-state index contributed by atoms with van der Waals surface area (Å²) in [5.41, 5.74) is 1.09. The molecule has 1 aromatic carbocycles. The van der Waals surface area contributed by atoms with E-state index in [2.05, 4.69) is 10.3 Å². The summed E-state index contributed by atoms with van der Waals surface area (Å²) in [4.78, 5) is 32.5. The number of para-hydroxylation sites is 1. The molecule has 28 heavy (non-hydrogen) atoms. The molecule has 7 nitrogen and oxygen atoms in total. The van der Waals surface area contributed by atoms with Gasteiger partial charge in [0.25, 0.3) is 0 Å². The summed E-state index contributed by atoms with van der Waals surface area (Å²) in [6.45, 7) is 5.88. The number of esters is 1. The summed E-state index contributed by atoms with van der Waals surface area (Å²) in [6.07, 6.45) is 1.27. The van der Waals surface area contributed by atoms with Gasteiger partial charge in [0.1, 0.15) is 5.82 Å². The first-order chi connectivity index (χ1) is 13.4. The number of carbonyl (C=O) groups excluding carboxylic acids is 2. The van der Waals surface area contributed by atoms with Gasteiger partial charge in [0, 0.05) is 38.1 Å². The number of rotatable bonds is 4. The third kappa shape index (κ3) is 4.92. The molecule has 0 radical (unpaired) electrons. The SMILES string of the molecule is CC(C)OC(=O)c1cnc(N2CCN(C(=O)Nc3ccccc3)CC2)c(Cl)c1. The van der Waals surface area contributed by atoms with Gasteiger partial charge in [-0.2, -0.15) is 0 Å². The van der Waals surface area contributed by atoms with Crippen molar-refractivity contribution in [3.8, 4) is 0 Å². The zero-order chi connectivity index (χ0) is 20.1.